The Morgan fingerprint density at radius 2 is 1.64 bits per heavy atom. The lowest BCUT2D eigenvalue weighted by atomic mass is 10.1. The maximum Gasteiger partial charge on any atom is 0.408 e. The number of phenols is 1. The van der Waals surface area contributed by atoms with E-state index in [1.807, 2.05) is 18.2 Å². The molecule has 0 aliphatic heterocycles. The summed E-state index contributed by atoms with van der Waals surface area (Å²) in [6, 6.07) is 14.1. The van der Waals surface area contributed by atoms with Crippen molar-refractivity contribution in [2.75, 3.05) is 13.2 Å². The summed E-state index contributed by atoms with van der Waals surface area (Å²) in [4.78, 5) is 24.4. The number of aliphatic hydroxyl groups excluding tert-OH is 2. The maximum absolute atomic E-state index is 12.3. The monoisotopic (exact) mass is 389 g/mol. The molecule has 2 atom stereocenters. The van der Waals surface area contributed by atoms with Crippen LogP contribution >= 0.6 is 0 Å². The van der Waals surface area contributed by atoms with E-state index in [0.29, 0.717) is 5.56 Å². The van der Waals surface area contributed by atoms with Gasteiger partial charge in [-0.3, -0.25) is 0 Å². The minimum Gasteiger partial charge on any atom is -0.508 e. The topological polar surface area (TPSA) is 125 Å². The van der Waals surface area contributed by atoms with Crippen LogP contribution in [0.4, 0.5) is 4.79 Å². The summed E-state index contributed by atoms with van der Waals surface area (Å²) in [6.07, 6.45) is -1.91. The predicted octanol–water partition coefficient (Wildman–Crippen LogP) is 1.13. The number of aliphatic hydroxyl groups is 2. The Kier molecular flexibility index (Phi) is 8.26. The van der Waals surface area contributed by atoms with Crippen LogP contribution in [0.25, 0.3) is 0 Å². The Hall–Kier alpha value is -3.10. The highest BCUT2D eigenvalue weighted by Crippen LogP contribution is 2.12. The van der Waals surface area contributed by atoms with Gasteiger partial charge in [0.25, 0.3) is 0 Å². The Labute approximate surface area is 162 Å². The number of benzene rings is 2. The minimum absolute atomic E-state index is 0.0386. The lowest BCUT2D eigenvalue weighted by molar-refractivity contribution is -0.149. The summed E-state index contributed by atoms with van der Waals surface area (Å²) in [5.74, 6) is -0.707. The minimum atomic E-state index is -1.21. The fourth-order valence-electron chi connectivity index (χ4n) is 2.30. The van der Waals surface area contributed by atoms with Crippen molar-refractivity contribution < 1.29 is 34.4 Å². The van der Waals surface area contributed by atoms with Gasteiger partial charge in [-0.2, -0.15) is 0 Å². The van der Waals surface area contributed by atoms with Crippen molar-refractivity contribution in [3.05, 3.63) is 65.7 Å². The number of hydrogen-bond donors (Lipinski definition) is 4. The third-order valence-electron chi connectivity index (χ3n) is 3.79. The molecule has 2 rings (SSSR count). The van der Waals surface area contributed by atoms with Gasteiger partial charge in [-0.1, -0.05) is 42.5 Å². The van der Waals surface area contributed by atoms with Gasteiger partial charge in [-0.05, 0) is 23.3 Å². The average molecular weight is 389 g/mol. The molecule has 8 heteroatoms. The fraction of sp³-hybridized carbons (Fsp3) is 0.300. The van der Waals surface area contributed by atoms with Crippen LogP contribution in [0, 0.1) is 0 Å². The lowest BCUT2D eigenvalue weighted by Crippen LogP contribution is -2.44. The zero-order chi connectivity index (χ0) is 20.4. The van der Waals surface area contributed by atoms with Crippen molar-refractivity contribution in [3.63, 3.8) is 0 Å². The van der Waals surface area contributed by atoms with E-state index >= 15 is 0 Å². The number of carbonyl (C=O) groups excluding carboxylic acids is 2. The number of hydrogen-bond acceptors (Lipinski definition) is 7. The highest BCUT2D eigenvalue weighted by molar-refractivity contribution is 5.81. The zero-order valence-corrected chi connectivity index (χ0v) is 15.2. The normalized spacial score (nSPS) is 12.6. The van der Waals surface area contributed by atoms with E-state index in [2.05, 4.69) is 5.32 Å². The summed E-state index contributed by atoms with van der Waals surface area (Å²) in [5.41, 5.74) is 1.46. The van der Waals surface area contributed by atoms with Crippen molar-refractivity contribution in [1.29, 1.82) is 0 Å². The number of rotatable bonds is 9. The standard InChI is InChI=1S/C20H23NO7/c22-11-17(24)13-27-19(25)18(10-14-6-8-16(23)9-7-14)21-20(26)28-12-15-4-2-1-3-5-15/h1-9,17-18,22-24H,10-13H2,(H,21,26)/t17?,18-/m0/s1. The fourth-order valence-corrected chi connectivity index (χ4v) is 2.30. The van der Waals surface area contributed by atoms with Crippen LogP contribution in [0.15, 0.2) is 54.6 Å². The van der Waals surface area contributed by atoms with Crippen molar-refractivity contribution in [2.24, 2.45) is 0 Å². The van der Waals surface area contributed by atoms with Crippen molar-refractivity contribution >= 4 is 12.1 Å². The molecule has 4 N–H and O–H groups in total. The predicted molar refractivity (Wildman–Crippen MR) is 99.4 cm³/mol. The largest absolute Gasteiger partial charge is 0.508 e. The molecule has 0 bridgehead atoms. The van der Waals surface area contributed by atoms with Gasteiger partial charge in [0.05, 0.1) is 6.61 Å². The van der Waals surface area contributed by atoms with E-state index in [0.717, 1.165) is 5.56 Å². The highest BCUT2D eigenvalue weighted by atomic mass is 16.6. The first kappa shape index (κ1) is 21.2. The first-order chi connectivity index (χ1) is 13.5. The third-order valence-corrected chi connectivity index (χ3v) is 3.79. The van der Waals surface area contributed by atoms with E-state index in [-0.39, 0.29) is 18.8 Å². The zero-order valence-electron chi connectivity index (χ0n) is 15.2. The van der Waals surface area contributed by atoms with E-state index in [9.17, 15) is 19.8 Å². The number of nitrogens with one attached hydrogen (secondary N) is 1. The molecular weight excluding hydrogens is 366 g/mol. The van der Waals surface area contributed by atoms with Gasteiger partial charge in [0, 0.05) is 6.42 Å². The lowest BCUT2D eigenvalue weighted by Gasteiger charge is -2.18. The first-order valence-corrected chi connectivity index (χ1v) is 8.68. The molecule has 2 aromatic rings. The molecule has 0 heterocycles. The molecule has 0 fully saturated rings. The third kappa shape index (κ3) is 7.26. The highest BCUT2D eigenvalue weighted by Gasteiger charge is 2.24. The Morgan fingerprint density at radius 1 is 0.964 bits per heavy atom. The molecule has 0 aliphatic rings. The van der Waals surface area contributed by atoms with Crippen molar-refractivity contribution in [3.8, 4) is 5.75 Å². The number of amides is 1. The van der Waals surface area contributed by atoms with Gasteiger partial charge < -0.3 is 30.1 Å². The molecule has 0 aliphatic carbocycles. The number of alkyl carbamates (subject to hydrolysis) is 1. The van der Waals surface area contributed by atoms with Gasteiger partial charge in [-0.15, -0.1) is 0 Å². The Balaban J connectivity index is 1.98. The summed E-state index contributed by atoms with van der Waals surface area (Å²) in [7, 11) is 0. The molecular formula is C20H23NO7. The van der Waals surface area contributed by atoms with Crippen LogP contribution in [0.3, 0.4) is 0 Å². The molecule has 0 saturated carbocycles. The molecule has 0 aromatic heterocycles. The van der Waals surface area contributed by atoms with Gasteiger partial charge in [0.2, 0.25) is 0 Å². The molecule has 8 nitrogen and oxygen atoms in total. The molecule has 28 heavy (non-hydrogen) atoms. The molecule has 1 amide bonds. The van der Waals surface area contributed by atoms with Gasteiger partial charge in [0.15, 0.2) is 0 Å². The van der Waals surface area contributed by atoms with Crippen LogP contribution in [-0.2, 0) is 27.3 Å². The second kappa shape index (κ2) is 10.9. The van der Waals surface area contributed by atoms with Gasteiger partial charge in [0.1, 0.15) is 31.1 Å². The Morgan fingerprint density at radius 3 is 2.29 bits per heavy atom. The van der Waals surface area contributed by atoms with Crippen molar-refractivity contribution in [1.82, 2.24) is 5.32 Å². The van der Waals surface area contributed by atoms with Crippen LogP contribution in [0.2, 0.25) is 0 Å². The number of ether oxygens (including phenoxy) is 2. The second-order valence-corrected chi connectivity index (χ2v) is 6.10. The number of aromatic hydroxyl groups is 1. The van der Waals surface area contributed by atoms with Crippen LogP contribution in [-0.4, -0.2) is 52.7 Å². The van der Waals surface area contributed by atoms with Crippen molar-refractivity contribution in [2.45, 2.75) is 25.2 Å². The van der Waals surface area contributed by atoms with E-state index < -0.39 is 37.4 Å². The number of phenolic OH excluding ortho intramolecular Hbond substituents is 1. The van der Waals surface area contributed by atoms with E-state index in [1.54, 1.807) is 24.3 Å². The van der Waals surface area contributed by atoms with E-state index in [4.69, 9.17) is 14.6 Å². The molecule has 1 unspecified atom stereocenters. The molecule has 0 spiro atoms. The summed E-state index contributed by atoms with van der Waals surface area (Å²) < 4.78 is 10.1. The Bertz CT molecular complexity index is 749. The van der Waals surface area contributed by atoms with Gasteiger partial charge in [-0.25, -0.2) is 9.59 Å². The molecule has 150 valence electrons. The first-order valence-electron chi connectivity index (χ1n) is 8.68. The summed E-state index contributed by atoms with van der Waals surface area (Å²) in [6.45, 7) is -0.915. The summed E-state index contributed by atoms with van der Waals surface area (Å²) >= 11 is 0. The van der Waals surface area contributed by atoms with Crippen LogP contribution in [0.1, 0.15) is 11.1 Å². The second-order valence-electron chi connectivity index (χ2n) is 6.10. The van der Waals surface area contributed by atoms with Crippen LogP contribution in [0.5, 0.6) is 5.75 Å². The van der Waals surface area contributed by atoms with E-state index in [1.165, 1.54) is 12.1 Å². The molecule has 2 aromatic carbocycles. The smallest absolute Gasteiger partial charge is 0.408 e. The van der Waals surface area contributed by atoms with Gasteiger partial charge >= 0.3 is 12.1 Å². The van der Waals surface area contributed by atoms with Crippen LogP contribution < -0.4 is 5.32 Å². The maximum atomic E-state index is 12.3. The SMILES string of the molecule is O=C(N[C@@H](Cc1ccc(O)cc1)C(=O)OCC(O)CO)OCc1ccccc1. The number of carbonyl (C=O) groups is 2. The average Bonchev–Trinajstić information content (AvgIpc) is 2.72. The molecule has 0 saturated heterocycles. The summed E-state index contributed by atoms with van der Waals surface area (Å²) in [5, 5.41) is 30.0. The molecule has 0 radical (unpaired) electrons. The quantitative estimate of drug-likeness (QED) is 0.474. The number of esters is 1.